The minimum atomic E-state index is -1.41. The lowest BCUT2D eigenvalue weighted by molar-refractivity contribution is -0.384. The molecule has 0 aliphatic carbocycles. The lowest BCUT2D eigenvalue weighted by Crippen LogP contribution is -2.52. The first kappa shape index (κ1) is 12.9. The zero-order chi connectivity index (χ0) is 11.5. The van der Waals surface area contributed by atoms with E-state index in [4.69, 9.17) is 14.2 Å². The van der Waals surface area contributed by atoms with Gasteiger partial charge in [0.25, 0.3) is 0 Å². The second-order valence-electron chi connectivity index (χ2n) is 4.24. The molecule has 0 spiro atoms. The van der Waals surface area contributed by atoms with Gasteiger partial charge in [-0.05, 0) is 26.7 Å². The van der Waals surface area contributed by atoms with Crippen molar-refractivity contribution in [3.8, 4) is 0 Å². The fourth-order valence-electron chi connectivity index (χ4n) is 1.61. The van der Waals surface area contributed by atoms with E-state index in [2.05, 4.69) is 0 Å². The molecule has 0 saturated carbocycles. The molecule has 1 aliphatic rings. The fourth-order valence-corrected chi connectivity index (χ4v) is 1.61. The second-order valence-corrected chi connectivity index (χ2v) is 4.24. The number of hydrogen-bond donors (Lipinski definition) is 2. The SMILES string of the molecule is CO[C@]1(C(O)OC(C)(C)O)CCCCO1. The van der Waals surface area contributed by atoms with Crippen LogP contribution in [0.25, 0.3) is 0 Å². The average Bonchev–Trinajstić information content (AvgIpc) is 2.16. The van der Waals surface area contributed by atoms with Gasteiger partial charge in [-0.2, -0.15) is 0 Å². The Hall–Kier alpha value is -0.200. The van der Waals surface area contributed by atoms with Crippen molar-refractivity contribution in [3.05, 3.63) is 0 Å². The molecule has 1 unspecified atom stereocenters. The van der Waals surface area contributed by atoms with E-state index in [-0.39, 0.29) is 0 Å². The monoisotopic (exact) mass is 220 g/mol. The van der Waals surface area contributed by atoms with Crippen LogP contribution in [0.15, 0.2) is 0 Å². The van der Waals surface area contributed by atoms with Gasteiger partial charge in [-0.25, -0.2) is 0 Å². The van der Waals surface area contributed by atoms with Gasteiger partial charge < -0.3 is 24.4 Å². The summed E-state index contributed by atoms with van der Waals surface area (Å²) in [5, 5.41) is 19.3. The molecule has 0 amide bonds. The predicted molar refractivity (Wildman–Crippen MR) is 52.9 cm³/mol. The Morgan fingerprint density at radius 2 is 2.07 bits per heavy atom. The first-order chi connectivity index (χ1) is 6.90. The van der Waals surface area contributed by atoms with Gasteiger partial charge in [0, 0.05) is 13.5 Å². The van der Waals surface area contributed by atoms with E-state index in [9.17, 15) is 10.2 Å². The van der Waals surface area contributed by atoms with E-state index in [1.807, 2.05) is 0 Å². The van der Waals surface area contributed by atoms with Crippen molar-refractivity contribution < 1.29 is 24.4 Å². The Balaban J connectivity index is 2.63. The number of rotatable bonds is 4. The Bertz CT molecular complexity index is 192. The highest BCUT2D eigenvalue weighted by molar-refractivity contribution is 4.77. The van der Waals surface area contributed by atoms with E-state index >= 15 is 0 Å². The van der Waals surface area contributed by atoms with Crippen LogP contribution in [0.1, 0.15) is 33.1 Å². The lowest BCUT2D eigenvalue weighted by atomic mass is 10.0. The summed E-state index contributed by atoms with van der Waals surface area (Å²) in [6.07, 6.45) is 1.11. The molecule has 1 fully saturated rings. The van der Waals surface area contributed by atoms with Crippen LogP contribution < -0.4 is 0 Å². The molecule has 1 aliphatic heterocycles. The van der Waals surface area contributed by atoms with Crippen LogP contribution in [0.4, 0.5) is 0 Å². The summed E-state index contributed by atoms with van der Waals surface area (Å²) in [7, 11) is 1.46. The van der Waals surface area contributed by atoms with Crippen molar-refractivity contribution in [3.63, 3.8) is 0 Å². The molecule has 90 valence electrons. The number of hydrogen-bond acceptors (Lipinski definition) is 5. The van der Waals surface area contributed by atoms with Crippen LogP contribution >= 0.6 is 0 Å². The molecule has 0 aromatic heterocycles. The molecular formula is C10H20O5. The van der Waals surface area contributed by atoms with Crippen LogP contribution in [-0.2, 0) is 14.2 Å². The molecule has 1 saturated heterocycles. The number of ether oxygens (including phenoxy) is 3. The maximum Gasteiger partial charge on any atom is 0.220 e. The maximum absolute atomic E-state index is 9.83. The summed E-state index contributed by atoms with van der Waals surface area (Å²) in [6.45, 7) is 3.42. The van der Waals surface area contributed by atoms with Gasteiger partial charge in [-0.15, -0.1) is 0 Å². The molecule has 15 heavy (non-hydrogen) atoms. The molecule has 0 aromatic carbocycles. The minimum absolute atomic E-state index is 0.528. The van der Waals surface area contributed by atoms with E-state index in [1.165, 1.54) is 21.0 Å². The van der Waals surface area contributed by atoms with Gasteiger partial charge in [0.05, 0.1) is 6.61 Å². The largest absolute Gasteiger partial charge is 0.366 e. The Labute approximate surface area is 89.9 Å². The van der Waals surface area contributed by atoms with Crippen molar-refractivity contribution >= 4 is 0 Å². The summed E-state index contributed by atoms with van der Waals surface area (Å²) in [5.41, 5.74) is 0. The maximum atomic E-state index is 9.83. The highest BCUT2D eigenvalue weighted by Crippen LogP contribution is 2.31. The summed E-state index contributed by atoms with van der Waals surface area (Å²) < 4.78 is 15.6. The molecule has 5 nitrogen and oxygen atoms in total. The Kier molecular flexibility index (Phi) is 4.08. The number of aliphatic hydroxyl groups excluding tert-OH is 1. The van der Waals surface area contributed by atoms with E-state index < -0.39 is 17.9 Å². The first-order valence-corrected chi connectivity index (χ1v) is 5.17. The third-order valence-electron chi connectivity index (χ3n) is 2.39. The summed E-state index contributed by atoms with van der Waals surface area (Å²) in [4.78, 5) is 0. The van der Waals surface area contributed by atoms with Crippen LogP contribution in [-0.4, -0.2) is 41.8 Å². The Morgan fingerprint density at radius 1 is 1.40 bits per heavy atom. The molecule has 1 rings (SSSR count). The van der Waals surface area contributed by atoms with Crippen molar-refractivity contribution in [1.82, 2.24) is 0 Å². The Morgan fingerprint density at radius 3 is 2.47 bits per heavy atom. The van der Waals surface area contributed by atoms with Crippen molar-refractivity contribution in [2.75, 3.05) is 13.7 Å². The summed E-state index contributed by atoms with van der Waals surface area (Å²) >= 11 is 0. The molecule has 0 bridgehead atoms. The predicted octanol–water partition coefficient (Wildman–Crippen LogP) is 0.593. The lowest BCUT2D eigenvalue weighted by Gasteiger charge is -2.40. The van der Waals surface area contributed by atoms with E-state index in [1.54, 1.807) is 0 Å². The quantitative estimate of drug-likeness (QED) is 0.679. The molecular weight excluding hydrogens is 200 g/mol. The number of methoxy groups -OCH3 is 1. The third-order valence-corrected chi connectivity index (χ3v) is 2.39. The molecule has 5 heteroatoms. The normalized spacial score (nSPS) is 30.2. The van der Waals surface area contributed by atoms with Gasteiger partial charge in [0.2, 0.25) is 12.1 Å². The molecule has 0 radical (unpaired) electrons. The highest BCUT2D eigenvalue weighted by atomic mass is 16.8. The minimum Gasteiger partial charge on any atom is -0.366 e. The molecule has 2 atom stereocenters. The van der Waals surface area contributed by atoms with Crippen molar-refractivity contribution in [2.45, 2.75) is 51.0 Å². The highest BCUT2D eigenvalue weighted by Gasteiger charge is 2.43. The topological polar surface area (TPSA) is 68.2 Å². The molecule has 2 N–H and O–H groups in total. The van der Waals surface area contributed by atoms with Crippen molar-refractivity contribution in [2.24, 2.45) is 0 Å². The second kappa shape index (κ2) is 4.76. The van der Waals surface area contributed by atoms with Crippen LogP contribution in [0, 0.1) is 0 Å². The molecule has 0 aromatic rings. The van der Waals surface area contributed by atoms with E-state index in [0.717, 1.165) is 12.8 Å². The van der Waals surface area contributed by atoms with Gasteiger partial charge in [-0.3, -0.25) is 0 Å². The first-order valence-electron chi connectivity index (χ1n) is 5.17. The van der Waals surface area contributed by atoms with Crippen molar-refractivity contribution in [1.29, 1.82) is 0 Å². The summed E-state index contributed by atoms with van der Waals surface area (Å²) in [6, 6.07) is 0. The summed E-state index contributed by atoms with van der Waals surface area (Å²) in [5.74, 6) is -2.55. The van der Waals surface area contributed by atoms with Crippen LogP contribution in [0.3, 0.4) is 0 Å². The van der Waals surface area contributed by atoms with Crippen LogP contribution in [0.2, 0.25) is 0 Å². The number of aliphatic hydroxyl groups is 2. The standard InChI is InChI=1S/C10H20O5/c1-9(2,12)15-8(11)10(13-3)6-4-5-7-14-10/h8,11-12H,4-7H2,1-3H3/t8?,10-/m1/s1. The molecule has 1 heterocycles. The van der Waals surface area contributed by atoms with Crippen LogP contribution in [0.5, 0.6) is 0 Å². The fraction of sp³-hybridized carbons (Fsp3) is 1.00. The third kappa shape index (κ3) is 3.39. The zero-order valence-electron chi connectivity index (χ0n) is 9.52. The average molecular weight is 220 g/mol. The smallest absolute Gasteiger partial charge is 0.220 e. The van der Waals surface area contributed by atoms with E-state index in [0.29, 0.717) is 13.0 Å². The van der Waals surface area contributed by atoms with Gasteiger partial charge in [0.15, 0.2) is 5.79 Å². The zero-order valence-corrected chi connectivity index (χ0v) is 9.52. The van der Waals surface area contributed by atoms with Gasteiger partial charge >= 0.3 is 0 Å². The van der Waals surface area contributed by atoms with Gasteiger partial charge in [0.1, 0.15) is 0 Å². The van der Waals surface area contributed by atoms with Gasteiger partial charge in [-0.1, -0.05) is 0 Å².